The van der Waals surface area contributed by atoms with Crippen LogP contribution in [0.15, 0.2) is 0 Å². The lowest BCUT2D eigenvalue weighted by Crippen LogP contribution is -2.55. The van der Waals surface area contributed by atoms with E-state index in [1.165, 1.54) is 0 Å². The Kier molecular flexibility index (Phi) is 3.95. The van der Waals surface area contributed by atoms with E-state index in [1.807, 2.05) is 0 Å². The molecule has 0 spiro atoms. The van der Waals surface area contributed by atoms with Crippen LogP contribution in [0.4, 0.5) is 4.39 Å². The second-order valence-electron chi connectivity index (χ2n) is 3.55. The van der Waals surface area contributed by atoms with E-state index in [-0.39, 0.29) is 6.67 Å². The van der Waals surface area contributed by atoms with Crippen LogP contribution in [0.1, 0.15) is 20.3 Å². The molecule has 0 bridgehead atoms. The molecule has 0 aromatic heterocycles. The lowest BCUT2D eigenvalue weighted by molar-refractivity contribution is 0.130. The lowest BCUT2D eigenvalue weighted by atomic mass is 10.1. The Labute approximate surface area is 74.1 Å². The van der Waals surface area contributed by atoms with E-state index >= 15 is 0 Å². The van der Waals surface area contributed by atoms with E-state index in [2.05, 4.69) is 24.1 Å². The maximum absolute atomic E-state index is 12.1. The van der Waals surface area contributed by atoms with E-state index in [1.54, 1.807) is 0 Å². The molecule has 1 saturated heterocycles. The largest absolute Gasteiger partial charge is 0.311 e. The maximum atomic E-state index is 12.1. The quantitative estimate of drug-likeness (QED) is 0.687. The second-order valence-corrected chi connectivity index (χ2v) is 3.55. The first-order valence-electron chi connectivity index (χ1n) is 4.81. The minimum Gasteiger partial charge on any atom is -0.311 e. The molecule has 0 amide bonds. The summed E-state index contributed by atoms with van der Waals surface area (Å²) in [5.74, 6) is 0. The lowest BCUT2D eigenvalue weighted by Gasteiger charge is -2.37. The van der Waals surface area contributed by atoms with Crippen molar-refractivity contribution >= 4 is 0 Å². The Hall–Kier alpha value is -0.150. The predicted octanol–water partition coefficient (Wildman–Crippen LogP) is 1.03. The van der Waals surface area contributed by atoms with Crippen LogP contribution in [0.3, 0.4) is 0 Å². The molecule has 1 aliphatic heterocycles. The maximum Gasteiger partial charge on any atom is 0.102 e. The van der Waals surface area contributed by atoms with Crippen molar-refractivity contribution in [2.45, 2.75) is 32.4 Å². The first kappa shape index (κ1) is 9.93. The molecule has 2 nitrogen and oxygen atoms in total. The molecular weight excluding hydrogens is 155 g/mol. The Morgan fingerprint density at radius 1 is 1.58 bits per heavy atom. The minimum absolute atomic E-state index is 0.221. The summed E-state index contributed by atoms with van der Waals surface area (Å²) in [7, 11) is 0. The summed E-state index contributed by atoms with van der Waals surface area (Å²) >= 11 is 0. The second kappa shape index (κ2) is 4.77. The first-order valence-corrected chi connectivity index (χ1v) is 4.81. The first-order chi connectivity index (χ1) is 5.77. The van der Waals surface area contributed by atoms with Crippen molar-refractivity contribution < 1.29 is 4.39 Å². The Balaban J connectivity index is 2.36. The molecule has 0 aliphatic carbocycles. The van der Waals surface area contributed by atoms with Gasteiger partial charge in [-0.1, -0.05) is 6.92 Å². The van der Waals surface area contributed by atoms with Gasteiger partial charge in [0.15, 0.2) is 0 Å². The fourth-order valence-corrected chi connectivity index (χ4v) is 1.69. The van der Waals surface area contributed by atoms with Gasteiger partial charge >= 0.3 is 0 Å². The number of hydrogen-bond donors (Lipinski definition) is 1. The molecule has 1 fully saturated rings. The summed E-state index contributed by atoms with van der Waals surface area (Å²) in [6, 6.07) is 1.05. The van der Waals surface area contributed by atoms with E-state index in [9.17, 15) is 4.39 Å². The number of alkyl halides is 1. The van der Waals surface area contributed by atoms with Crippen LogP contribution >= 0.6 is 0 Å². The third-order valence-electron chi connectivity index (χ3n) is 2.64. The monoisotopic (exact) mass is 174 g/mol. The standard InChI is InChI=1S/C9H19FN2/c1-3-9-7-12(5-4-10)8(2)6-11-9/h8-9,11H,3-7H2,1-2H3. The molecule has 2 atom stereocenters. The van der Waals surface area contributed by atoms with Gasteiger partial charge in [0.2, 0.25) is 0 Å². The van der Waals surface area contributed by atoms with Crippen molar-refractivity contribution in [1.82, 2.24) is 10.2 Å². The number of halogens is 1. The number of piperazine rings is 1. The van der Waals surface area contributed by atoms with Crippen LogP contribution in [0.25, 0.3) is 0 Å². The highest BCUT2D eigenvalue weighted by Gasteiger charge is 2.22. The fourth-order valence-electron chi connectivity index (χ4n) is 1.69. The molecule has 1 heterocycles. The molecule has 0 saturated carbocycles. The van der Waals surface area contributed by atoms with Crippen molar-refractivity contribution in [2.75, 3.05) is 26.3 Å². The third kappa shape index (κ3) is 2.42. The van der Waals surface area contributed by atoms with Gasteiger partial charge < -0.3 is 5.32 Å². The van der Waals surface area contributed by atoms with Crippen LogP contribution in [0.5, 0.6) is 0 Å². The van der Waals surface area contributed by atoms with Crippen molar-refractivity contribution in [3.63, 3.8) is 0 Å². The molecule has 0 aromatic rings. The zero-order chi connectivity index (χ0) is 8.97. The average molecular weight is 174 g/mol. The van der Waals surface area contributed by atoms with Gasteiger partial charge in [-0.2, -0.15) is 0 Å². The number of rotatable bonds is 3. The van der Waals surface area contributed by atoms with Gasteiger partial charge in [0.1, 0.15) is 6.67 Å². The summed E-state index contributed by atoms with van der Waals surface area (Å²) in [4.78, 5) is 2.23. The van der Waals surface area contributed by atoms with Gasteiger partial charge in [0, 0.05) is 31.7 Å². The summed E-state index contributed by atoms with van der Waals surface area (Å²) in [5, 5.41) is 3.44. The van der Waals surface area contributed by atoms with Crippen molar-refractivity contribution in [3.05, 3.63) is 0 Å². The fraction of sp³-hybridized carbons (Fsp3) is 1.00. The summed E-state index contributed by atoms with van der Waals surface area (Å²) in [6.45, 7) is 6.69. The molecule has 1 aliphatic rings. The number of nitrogens with zero attached hydrogens (tertiary/aromatic N) is 1. The molecule has 12 heavy (non-hydrogen) atoms. The topological polar surface area (TPSA) is 15.3 Å². The predicted molar refractivity (Wildman–Crippen MR) is 49.1 cm³/mol. The van der Waals surface area contributed by atoms with Gasteiger partial charge in [-0.05, 0) is 13.3 Å². The summed E-state index contributed by atoms with van der Waals surface area (Å²) in [6.07, 6.45) is 1.13. The van der Waals surface area contributed by atoms with Crippen LogP contribution in [0.2, 0.25) is 0 Å². The van der Waals surface area contributed by atoms with Crippen LogP contribution in [-0.4, -0.2) is 43.3 Å². The van der Waals surface area contributed by atoms with Gasteiger partial charge in [-0.25, -0.2) is 4.39 Å². The van der Waals surface area contributed by atoms with Crippen LogP contribution < -0.4 is 5.32 Å². The highest BCUT2D eigenvalue weighted by molar-refractivity contribution is 4.82. The third-order valence-corrected chi connectivity index (χ3v) is 2.64. The highest BCUT2D eigenvalue weighted by atomic mass is 19.1. The highest BCUT2D eigenvalue weighted by Crippen LogP contribution is 2.07. The molecule has 2 unspecified atom stereocenters. The van der Waals surface area contributed by atoms with Gasteiger partial charge in [0.25, 0.3) is 0 Å². The molecule has 0 radical (unpaired) electrons. The SMILES string of the molecule is CCC1CN(CCF)C(C)CN1. The van der Waals surface area contributed by atoms with E-state index in [4.69, 9.17) is 0 Å². The summed E-state index contributed by atoms with van der Waals surface area (Å²) < 4.78 is 12.1. The molecule has 3 heteroatoms. The number of nitrogens with one attached hydrogen (secondary N) is 1. The molecule has 1 rings (SSSR count). The van der Waals surface area contributed by atoms with Crippen molar-refractivity contribution in [1.29, 1.82) is 0 Å². The smallest absolute Gasteiger partial charge is 0.102 e. The van der Waals surface area contributed by atoms with E-state index in [0.717, 1.165) is 19.5 Å². The number of hydrogen-bond acceptors (Lipinski definition) is 2. The Morgan fingerprint density at radius 2 is 2.33 bits per heavy atom. The van der Waals surface area contributed by atoms with Gasteiger partial charge in [0.05, 0.1) is 0 Å². The Morgan fingerprint density at radius 3 is 2.92 bits per heavy atom. The zero-order valence-electron chi connectivity index (χ0n) is 8.02. The zero-order valence-corrected chi connectivity index (χ0v) is 8.02. The van der Waals surface area contributed by atoms with Gasteiger partial charge in [-0.15, -0.1) is 0 Å². The Bertz CT molecular complexity index is 130. The van der Waals surface area contributed by atoms with E-state index in [0.29, 0.717) is 18.6 Å². The molecule has 0 aromatic carbocycles. The molecule has 1 N–H and O–H groups in total. The average Bonchev–Trinajstić information content (AvgIpc) is 2.09. The van der Waals surface area contributed by atoms with Crippen LogP contribution in [-0.2, 0) is 0 Å². The summed E-state index contributed by atoms with van der Waals surface area (Å²) in [5.41, 5.74) is 0. The van der Waals surface area contributed by atoms with Gasteiger partial charge in [-0.3, -0.25) is 4.90 Å². The van der Waals surface area contributed by atoms with Crippen molar-refractivity contribution in [3.8, 4) is 0 Å². The van der Waals surface area contributed by atoms with Crippen LogP contribution in [0, 0.1) is 0 Å². The molecule has 72 valence electrons. The normalized spacial score (nSPS) is 32.2. The van der Waals surface area contributed by atoms with E-state index < -0.39 is 0 Å². The van der Waals surface area contributed by atoms with Crippen molar-refractivity contribution in [2.24, 2.45) is 0 Å². The molecular formula is C9H19FN2. The minimum atomic E-state index is -0.221.